The van der Waals surface area contributed by atoms with Crippen LogP contribution in [0, 0.1) is 24.0 Å². The van der Waals surface area contributed by atoms with Crippen LogP contribution in [0.2, 0.25) is 0 Å². The lowest BCUT2D eigenvalue weighted by atomic mass is 10.0. The fourth-order valence-electron chi connectivity index (χ4n) is 2.20. The Morgan fingerprint density at radius 1 is 1.33 bits per heavy atom. The summed E-state index contributed by atoms with van der Waals surface area (Å²) >= 11 is 0. The van der Waals surface area contributed by atoms with E-state index in [1.807, 2.05) is 13.8 Å². The molecular formula is C15H16N4O5. The zero-order chi connectivity index (χ0) is 18.0. The average Bonchev–Trinajstić information content (AvgIpc) is 2.89. The minimum Gasteiger partial charge on any atom is -0.479 e. The molecule has 1 atom stereocenters. The molecule has 2 aromatic rings. The molecule has 0 aliphatic rings. The van der Waals surface area contributed by atoms with Gasteiger partial charge in [0, 0.05) is 7.05 Å². The molecule has 0 aliphatic carbocycles. The van der Waals surface area contributed by atoms with E-state index in [-0.39, 0.29) is 0 Å². The zero-order valence-electron chi connectivity index (χ0n) is 13.3. The standard InChI is InChI=1S/C15H16N4O5/c1-8-4-5-10(6-9(8)2)12(15(21)22)16-14(20)13-11(19(23)24)7-18(3)17-13/h4-7,12H,1-3H3,(H,16,20)(H,21,22). The van der Waals surface area contributed by atoms with Gasteiger partial charge in [0.15, 0.2) is 6.04 Å². The lowest BCUT2D eigenvalue weighted by Gasteiger charge is -2.15. The second-order valence-electron chi connectivity index (χ2n) is 5.38. The number of benzene rings is 1. The predicted molar refractivity (Wildman–Crippen MR) is 83.6 cm³/mol. The molecule has 24 heavy (non-hydrogen) atoms. The lowest BCUT2D eigenvalue weighted by molar-refractivity contribution is -0.385. The Kier molecular flexibility index (Phi) is 4.63. The van der Waals surface area contributed by atoms with Gasteiger partial charge in [-0.2, -0.15) is 5.10 Å². The van der Waals surface area contributed by atoms with Crippen LogP contribution < -0.4 is 5.32 Å². The summed E-state index contributed by atoms with van der Waals surface area (Å²) < 4.78 is 1.12. The Morgan fingerprint density at radius 2 is 2.00 bits per heavy atom. The molecule has 0 spiro atoms. The molecule has 9 heteroatoms. The number of nitrogens with zero attached hydrogens (tertiary/aromatic N) is 3. The fourth-order valence-corrected chi connectivity index (χ4v) is 2.20. The van der Waals surface area contributed by atoms with Crippen molar-refractivity contribution in [3.8, 4) is 0 Å². The number of nitrogens with one attached hydrogen (secondary N) is 1. The third-order valence-corrected chi connectivity index (χ3v) is 3.61. The fraction of sp³-hybridized carbons (Fsp3) is 0.267. The molecule has 1 unspecified atom stereocenters. The Morgan fingerprint density at radius 3 is 2.54 bits per heavy atom. The van der Waals surface area contributed by atoms with Crippen molar-refractivity contribution in [3.63, 3.8) is 0 Å². The lowest BCUT2D eigenvalue weighted by Crippen LogP contribution is -2.34. The van der Waals surface area contributed by atoms with E-state index in [0.29, 0.717) is 5.56 Å². The van der Waals surface area contributed by atoms with Crippen molar-refractivity contribution in [1.29, 1.82) is 0 Å². The van der Waals surface area contributed by atoms with E-state index in [4.69, 9.17) is 0 Å². The van der Waals surface area contributed by atoms with Crippen molar-refractivity contribution in [2.75, 3.05) is 0 Å². The van der Waals surface area contributed by atoms with E-state index in [0.717, 1.165) is 22.0 Å². The molecule has 2 N–H and O–H groups in total. The van der Waals surface area contributed by atoms with Crippen LogP contribution >= 0.6 is 0 Å². The van der Waals surface area contributed by atoms with Crippen LogP contribution in [0.3, 0.4) is 0 Å². The van der Waals surface area contributed by atoms with E-state index in [9.17, 15) is 24.8 Å². The minimum atomic E-state index is -1.33. The van der Waals surface area contributed by atoms with E-state index in [1.165, 1.54) is 7.05 Å². The molecule has 2 rings (SSSR count). The molecule has 0 saturated heterocycles. The Bertz CT molecular complexity index is 827. The molecule has 1 heterocycles. The van der Waals surface area contributed by atoms with Gasteiger partial charge in [0.2, 0.25) is 5.69 Å². The first kappa shape index (κ1) is 17.1. The number of rotatable bonds is 5. The van der Waals surface area contributed by atoms with Gasteiger partial charge in [0.25, 0.3) is 5.91 Å². The smallest absolute Gasteiger partial charge is 0.330 e. The van der Waals surface area contributed by atoms with Gasteiger partial charge in [0.05, 0.1) is 4.92 Å². The summed E-state index contributed by atoms with van der Waals surface area (Å²) in [6.45, 7) is 3.70. The number of aryl methyl sites for hydroxylation is 3. The van der Waals surface area contributed by atoms with Crippen molar-refractivity contribution in [2.24, 2.45) is 7.05 Å². The second kappa shape index (κ2) is 6.49. The zero-order valence-corrected chi connectivity index (χ0v) is 13.3. The minimum absolute atomic E-state index is 0.373. The molecular weight excluding hydrogens is 316 g/mol. The molecule has 126 valence electrons. The van der Waals surface area contributed by atoms with Crippen LogP contribution in [0.4, 0.5) is 5.69 Å². The van der Waals surface area contributed by atoms with Crippen LogP contribution in [0.5, 0.6) is 0 Å². The van der Waals surface area contributed by atoms with Crippen molar-refractivity contribution >= 4 is 17.6 Å². The van der Waals surface area contributed by atoms with Gasteiger partial charge in [-0.3, -0.25) is 19.6 Å². The van der Waals surface area contributed by atoms with Crippen molar-refractivity contribution < 1.29 is 19.6 Å². The molecule has 0 saturated carbocycles. The number of hydrogen-bond acceptors (Lipinski definition) is 5. The highest BCUT2D eigenvalue weighted by Crippen LogP contribution is 2.20. The molecule has 1 amide bonds. The molecule has 0 radical (unpaired) electrons. The normalized spacial score (nSPS) is 11.8. The van der Waals surface area contributed by atoms with Gasteiger partial charge in [-0.1, -0.05) is 18.2 Å². The molecule has 0 bridgehead atoms. The number of aromatic nitrogens is 2. The number of amides is 1. The van der Waals surface area contributed by atoms with Gasteiger partial charge in [0.1, 0.15) is 6.20 Å². The molecule has 1 aromatic heterocycles. The first-order valence-electron chi connectivity index (χ1n) is 6.99. The maximum absolute atomic E-state index is 12.3. The van der Waals surface area contributed by atoms with E-state index >= 15 is 0 Å². The highest BCUT2D eigenvalue weighted by molar-refractivity contribution is 5.98. The summed E-state index contributed by atoms with van der Waals surface area (Å²) in [5.41, 5.74) is 1.31. The van der Waals surface area contributed by atoms with Crippen molar-refractivity contribution in [3.05, 3.63) is 56.9 Å². The van der Waals surface area contributed by atoms with Crippen LogP contribution in [0.15, 0.2) is 24.4 Å². The van der Waals surface area contributed by atoms with Gasteiger partial charge in [-0.15, -0.1) is 0 Å². The van der Waals surface area contributed by atoms with Gasteiger partial charge in [-0.05, 0) is 30.5 Å². The number of carbonyl (C=O) groups is 2. The maximum atomic E-state index is 12.3. The van der Waals surface area contributed by atoms with Crippen LogP contribution in [0.1, 0.15) is 33.2 Å². The largest absolute Gasteiger partial charge is 0.479 e. The SMILES string of the molecule is Cc1ccc(C(NC(=O)c2nn(C)cc2[N+](=O)[O-])C(=O)O)cc1C. The molecule has 1 aromatic carbocycles. The molecule has 0 aliphatic heterocycles. The van der Waals surface area contributed by atoms with E-state index in [1.54, 1.807) is 18.2 Å². The first-order valence-corrected chi connectivity index (χ1v) is 6.99. The van der Waals surface area contributed by atoms with Crippen LogP contribution in [-0.2, 0) is 11.8 Å². The topological polar surface area (TPSA) is 127 Å². The number of carboxylic acids is 1. The third kappa shape index (κ3) is 3.40. The maximum Gasteiger partial charge on any atom is 0.330 e. The third-order valence-electron chi connectivity index (χ3n) is 3.61. The number of hydrogen-bond donors (Lipinski definition) is 2. The summed E-state index contributed by atoms with van der Waals surface area (Å²) in [5.74, 6) is -2.20. The molecule has 0 fully saturated rings. The van der Waals surface area contributed by atoms with Gasteiger partial charge < -0.3 is 10.4 Å². The Balaban J connectivity index is 2.34. The van der Waals surface area contributed by atoms with Crippen LogP contribution in [0.25, 0.3) is 0 Å². The Labute approximate surface area is 137 Å². The average molecular weight is 332 g/mol. The van der Waals surface area contributed by atoms with E-state index in [2.05, 4.69) is 10.4 Å². The number of nitro groups is 1. The monoisotopic (exact) mass is 332 g/mol. The van der Waals surface area contributed by atoms with Crippen molar-refractivity contribution in [2.45, 2.75) is 19.9 Å². The molecule has 9 nitrogen and oxygen atoms in total. The predicted octanol–water partition coefficient (Wildman–Crippen LogP) is 1.50. The van der Waals surface area contributed by atoms with Gasteiger partial charge in [-0.25, -0.2) is 4.79 Å². The van der Waals surface area contributed by atoms with Crippen LogP contribution in [-0.4, -0.2) is 31.7 Å². The first-order chi connectivity index (χ1) is 11.2. The summed E-state index contributed by atoms with van der Waals surface area (Å²) in [5, 5.41) is 26.4. The van der Waals surface area contributed by atoms with E-state index < -0.39 is 34.2 Å². The summed E-state index contributed by atoms with van der Waals surface area (Å²) in [4.78, 5) is 34.0. The highest BCUT2D eigenvalue weighted by Gasteiger charge is 2.29. The number of carboxylic acid groups (broad SMARTS) is 1. The Hall–Kier alpha value is -3.23. The number of carbonyl (C=O) groups excluding carboxylic acids is 1. The second-order valence-corrected chi connectivity index (χ2v) is 5.38. The van der Waals surface area contributed by atoms with Gasteiger partial charge >= 0.3 is 11.7 Å². The highest BCUT2D eigenvalue weighted by atomic mass is 16.6. The van der Waals surface area contributed by atoms with Crippen molar-refractivity contribution in [1.82, 2.24) is 15.1 Å². The quantitative estimate of drug-likeness (QED) is 0.631. The number of aliphatic carboxylic acids is 1. The summed E-state index contributed by atoms with van der Waals surface area (Å²) in [7, 11) is 1.43. The summed E-state index contributed by atoms with van der Waals surface area (Å²) in [6, 6.07) is 3.66. The summed E-state index contributed by atoms with van der Waals surface area (Å²) in [6.07, 6.45) is 1.08.